The molecule has 0 radical (unpaired) electrons. The summed E-state index contributed by atoms with van der Waals surface area (Å²) in [6, 6.07) is 4.03. The molecular formula is C12H17FO3. The van der Waals surface area contributed by atoms with Gasteiger partial charge in [-0.25, -0.2) is 4.39 Å². The summed E-state index contributed by atoms with van der Waals surface area (Å²) < 4.78 is 23.4. The molecule has 0 amide bonds. The van der Waals surface area contributed by atoms with Crippen molar-refractivity contribution in [1.82, 2.24) is 0 Å². The van der Waals surface area contributed by atoms with E-state index in [0.29, 0.717) is 11.3 Å². The Morgan fingerprint density at radius 1 is 1.38 bits per heavy atom. The molecule has 0 bridgehead atoms. The van der Waals surface area contributed by atoms with E-state index in [0.717, 1.165) is 0 Å². The average molecular weight is 228 g/mol. The van der Waals surface area contributed by atoms with Crippen molar-refractivity contribution in [3.05, 3.63) is 29.6 Å². The maximum Gasteiger partial charge on any atom is 0.125 e. The lowest BCUT2D eigenvalue weighted by Crippen LogP contribution is -2.36. The van der Waals surface area contributed by atoms with Crippen LogP contribution in [0, 0.1) is 5.82 Å². The Labute approximate surface area is 94.8 Å². The Morgan fingerprint density at radius 3 is 2.50 bits per heavy atom. The first-order chi connectivity index (χ1) is 7.43. The molecule has 0 spiro atoms. The highest BCUT2D eigenvalue weighted by molar-refractivity contribution is 5.38. The third-order valence-electron chi connectivity index (χ3n) is 2.85. The smallest absolute Gasteiger partial charge is 0.125 e. The van der Waals surface area contributed by atoms with Gasteiger partial charge in [-0.15, -0.1) is 0 Å². The number of aliphatic hydroxyl groups is 1. The lowest BCUT2D eigenvalue weighted by molar-refractivity contribution is -0.0783. The van der Waals surface area contributed by atoms with E-state index in [1.54, 1.807) is 13.8 Å². The first kappa shape index (κ1) is 12.9. The molecule has 0 aliphatic carbocycles. The second-order valence-electron chi connectivity index (χ2n) is 3.87. The van der Waals surface area contributed by atoms with Gasteiger partial charge in [-0.2, -0.15) is 0 Å². The minimum Gasteiger partial charge on any atom is -0.496 e. The van der Waals surface area contributed by atoms with E-state index in [2.05, 4.69) is 0 Å². The van der Waals surface area contributed by atoms with Crippen molar-refractivity contribution in [1.29, 1.82) is 0 Å². The molecule has 0 aliphatic rings. The fourth-order valence-electron chi connectivity index (χ4n) is 1.52. The van der Waals surface area contributed by atoms with Crippen LogP contribution in [-0.2, 0) is 10.3 Å². The number of ether oxygens (including phenoxy) is 2. The van der Waals surface area contributed by atoms with Crippen LogP contribution >= 0.6 is 0 Å². The van der Waals surface area contributed by atoms with Crippen molar-refractivity contribution in [3.63, 3.8) is 0 Å². The van der Waals surface area contributed by atoms with E-state index in [4.69, 9.17) is 9.47 Å². The van der Waals surface area contributed by atoms with Gasteiger partial charge in [0.05, 0.1) is 13.2 Å². The molecule has 1 rings (SSSR count). The summed E-state index contributed by atoms with van der Waals surface area (Å²) in [7, 11) is 2.97. The van der Waals surface area contributed by atoms with E-state index in [1.807, 2.05) is 0 Å². The topological polar surface area (TPSA) is 38.7 Å². The largest absolute Gasteiger partial charge is 0.496 e. The van der Waals surface area contributed by atoms with Gasteiger partial charge in [-0.1, -0.05) is 0 Å². The molecule has 3 nitrogen and oxygen atoms in total. The van der Waals surface area contributed by atoms with Crippen LogP contribution in [0.5, 0.6) is 5.75 Å². The van der Waals surface area contributed by atoms with Crippen LogP contribution in [0.2, 0.25) is 0 Å². The molecule has 90 valence electrons. The Hall–Kier alpha value is -1.13. The minimum atomic E-state index is -1.30. The number of benzene rings is 1. The van der Waals surface area contributed by atoms with Gasteiger partial charge in [-0.05, 0) is 32.0 Å². The van der Waals surface area contributed by atoms with Gasteiger partial charge in [0.15, 0.2) is 0 Å². The first-order valence-corrected chi connectivity index (χ1v) is 5.02. The molecule has 0 fully saturated rings. The van der Waals surface area contributed by atoms with Crippen molar-refractivity contribution in [3.8, 4) is 5.75 Å². The zero-order valence-electron chi connectivity index (χ0n) is 9.95. The van der Waals surface area contributed by atoms with E-state index in [1.165, 1.54) is 32.4 Å². The minimum absolute atomic E-state index is 0.379. The summed E-state index contributed by atoms with van der Waals surface area (Å²) >= 11 is 0. The molecule has 0 aliphatic heterocycles. The van der Waals surface area contributed by atoms with Gasteiger partial charge in [0, 0.05) is 12.7 Å². The summed E-state index contributed by atoms with van der Waals surface area (Å²) in [5.41, 5.74) is -0.924. The Bertz CT molecular complexity index is 363. The third-order valence-corrected chi connectivity index (χ3v) is 2.85. The standard InChI is InChI=1S/C12H17FO3/c1-8(15-3)12(2,14)10-7-9(13)5-6-11(10)16-4/h5-8,14H,1-4H3. The normalized spacial score (nSPS) is 16.6. The van der Waals surface area contributed by atoms with Crippen molar-refractivity contribution < 1.29 is 19.0 Å². The molecule has 0 heterocycles. The maximum atomic E-state index is 13.2. The lowest BCUT2D eigenvalue weighted by atomic mass is 9.90. The molecule has 0 aromatic heterocycles. The summed E-state index contributed by atoms with van der Waals surface area (Å²) in [5, 5.41) is 10.3. The molecule has 1 aromatic rings. The van der Waals surface area contributed by atoms with Crippen LogP contribution in [0.1, 0.15) is 19.4 Å². The van der Waals surface area contributed by atoms with Crippen molar-refractivity contribution >= 4 is 0 Å². The van der Waals surface area contributed by atoms with E-state index >= 15 is 0 Å². The molecule has 0 saturated heterocycles. The molecule has 2 unspecified atom stereocenters. The molecular weight excluding hydrogens is 211 g/mol. The summed E-state index contributed by atoms with van der Waals surface area (Å²) in [6.07, 6.45) is -0.469. The second-order valence-corrected chi connectivity index (χ2v) is 3.87. The van der Waals surface area contributed by atoms with E-state index < -0.39 is 17.5 Å². The van der Waals surface area contributed by atoms with Crippen molar-refractivity contribution in [2.45, 2.75) is 25.6 Å². The number of hydrogen-bond acceptors (Lipinski definition) is 3. The highest BCUT2D eigenvalue weighted by Gasteiger charge is 2.33. The summed E-state index contributed by atoms with van der Waals surface area (Å²) in [6.45, 7) is 3.28. The van der Waals surface area contributed by atoms with E-state index in [-0.39, 0.29) is 0 Å². The Morgan fingerprint density at radius 2 is 2.00 bits per heavy atom. The quantitative estimate of drug-likeness (QED) is 0.857. The van der Waals surface area contributed by atoms with Gasteiger partial charge in [0.2, 0.25) is 0 Å². The number of halogens is 1. The second kappa shape index (κ2) is 4.80. The van der Waals surface area contributed by atoms with Crippen LogP contribution < -0.4 is 4.74 Å². The summed E-state index contributed by atoms with van der Waals surface area (Å²) in [5.74, 6) is 0.0229. The first-order valence-electron chi connectivity index (χ1n) is 5.02. The zero-order chi connectivity index (χ0) is 12.3. The molecule has 1 N–H and O–H groups in total. The Kier molecular flexibility index (Phi) is 3.88. The van der Waals surface area contributed by atoms with Crippen LogP contribution in [-0.4, -0.2) is 25.4 Å². The maximum absolute atomic E-state index is 13.2. The monoisotopic (exact) mass is 228 g/mol. The van der Waals surface area contributed by atoms with Gasteiger partial charge < -0.3 is 14.6 Å². The highest BCUT2D eigenvalue weighted by Crippen LogP contribution is 2.33. The summed E-state index contributed by atoms with van der Waals surface area (Å²) in [4.78, 5) is 0. The van der Waals surface area contributed by atoms with Crippen LogP contribution in [0.25, 0.3) is 0 Å². The Balaban J connectivity index is 3.24. The molecule has 2 atom stereocenters. The number of hydrogen-bond donors (Lipinski definition) is 1. The highest BCUT2D eigenvalue weighted by atomic mass is 19.1. The molecule has 1 aromatic carbocycles. The average Bonchev–Trinajstić information content (AvgIpc) is 2.27. The molecule has 16 heavy (non-hydrogen) atoms. The SMILES string of the molecule is COc1ccc(F)cc1C(C)(O)C(C)OC. The van der Waals surface area contributed by atoms with Crippen LogP contribution in [0.4, 0.5) is 4.39 Å². The third kappa shape index (κ3) is 2.33. The van der Waals surface area contributed by atoms with E-state index in [9.17, 15) is 9.50 Å². The van der Waals surface area contributed by atoms with Gasteiger partial charge in [0.25, 0.3) is 0 Å². The fourth-order valence-corrected chi connectivity index (χ4v) is 1.52. The van der Waals surface area contributed by atoms with Crippen molar-refractivity contribution in [2.75, 3.05) is 14.2 Å². The van der Waals surface area contributed by atoms with Gasteiger partial charge in [0.1, 0.15) is 17.2 Å². The van der Waals surface area contributed by atoms with Crippen molar-refractivity contribution in [2.24, 2.45) is 0 Å². The molecule has 0 saturated carbocycles. The molecule has 4 heteroatoms. The van der Waals surface area contributed by atoms with Gasteiger partial charge >= 0.3 is 0 Å². The predicted octanol–water partition coefficient (Wildman–Crippen LogP) is 2.08. The predicted molar refractivity (Wildman–Crippen MR) is 59.0 cm³/mol. The number of rotatable bonds is 4. The fraction of sp³-hybridized carbons (Fsp3) is 0.500. The van der Waals surface area contributed by atoms with Gasteiger partial charge in [-0.3, -0.25) is 0 Å². The van der Waals surface area contributed by atoms with Crippen LogP contribution in [0.3, 0.4) is 0 Å². The number of methoxy groups -OCH3 is 2. The lowest BCUT2D eigenvalue weighted by Gasteiger charge is -2.30. The zero-order valence-corrected chi connectivity index (χ0v) is 9.95. The van der Waals surface area contributed by atoms with Crippen LogP contribution in [0.15, 0.2) is 18.2 Å².